The summed E-state index contributed by atoms with van der Waals surface area (Å²) in [4.78, 5) is 24.3. The minimum Gasteiger partial charge on any atom is -0.350 e. The second-order valence-corrected chi connectivity index (χ2v) is 7.59. The molecule has 1 aromatic carbocycles. The van der Waals surface area contributed by atoms with E-state index in [0.717, 1.165) is 4.31 Å². The zero-order valence-corrected chi connectivity index (χ0v) is 14.4. The van der Waals surface area contributed by atoms with Crippen LogP contribution in [-0.4, -0.2) is 50.2 Å². The Morgan fingerprint density at radius 2 is 1.91 bits per heavy atom. The Kier molecular flexibility index (Phi) is 4.76. The van der Waals surface area contributed by atoms with Crippen LogP contribution in [0.5, 0.6) is 0 Å². The number of benzene rings is 1. The molecule has 1 aliphatic rings. The molecule has 0 saturated carbocycles. The number of likely N-dealkylation sites (N-methyl/N-ethyl adjacent to an activating group) is 1. The highest BCUT2D eigenvalue weighted by atomic mass is 32.2. The number of carbonyl (C=O) groups excluding carboxylic acids is 2. The van der Waals surface area contributed by atoms with E-state index in [9.17, 15) is 18.0 Å². The summed E-state index contributed by atoms with van der Waals surface area (Å²) in [5.41, 5.74) is 0.327. The Morgan fingerprint density at radius 1 is 1.26 bits per heavy atom. The second kappa shape index (κ2) is 6.29. The van der Waals surface area contributed by atoms with Gasteiger partial charge >= 0.3 is 0 Å². The van der Waals surface area contributed by atoms with E-state index in [2.05, 4.69) is 10.6 Å². The van der Waals surface area contributed by atoms with Crippen molar-refractivity contribution in [2.45, 2.75) is 37.8 Å². The van der Waals surface area contributed by atoms with Crippen LogP contribution in [0.4, 0.5) is 0 Å². The van der Waals surface area contributed by atoms with E-state index in [-0.39, 0.29) is 28.0 Å². The number of rotatable bonds is 5. The lowest BCUT2D eigenvalue weighted by atomic mass is 10.1. The monoisotopic (exact) mass is 339 g/mol. The first-order valence-electron chi connectivity index (χ1n) is 7.38. The highest BCUT2D eigenvalue weighted by molar-refractivity contribution is 7.90. The molecule has 2 amide bonds. The second-order valence-electron chi connectivity index (χ2n) is 5.81. The lowest BCUT2D eigenvalue weighted by molar-refractivity contribution is 0.0845. The first-order chi connectivity index (χ1) is 10.7. The highest BCUT2D eigenvalue weighted by Crippen LogP contribution is 2.32. The molecule has 1 heterocycles. The van der Waals surface area contributed by atoms with Gasteiger partial charge in [-0.1, -0.05) is 0 Å². The number of hydrogen-bond donors (Lipinski definition) is 2. The number of nitrogens with zero attached hydrogens (tertiary/aromatic N) is 1. The number of fused-ring (bicyclic) bond motifs is 1. The molecular formula is C15H21N3O4S. The summed E-state index contributed by atoms with van der Waals surface area (Å²) >= 11 is 0. The number of carbonyl (C=O) groups is 2. The summed E-state index contributed by atoms with van der Waals surface area (Å²) in [5.74, 6) is -0.925. The predicted molar refractivity (Wildman–Crippen MR) is 85.8 cm³/mol. The van der Waals surface area contributed by atoms with Crippen molar-refractivity contribution in [3.63, 3.8) is 0 Å². The van der Waals surface area contributed by atoms with Gasteiger partial charge in [0.2, 0.25) is 0 Å². The van der Waals surface area contributed by atoms with Gasteiger partial charge < -0.3 is 10.6 Å². The third-order valence-electron chi connectivity index (χ3n) is 3.74. The minimum absolute atomic E-state index is 0.0927. The van der Waals surface area contributed by atoms with Crippen LogP contribution in [-0.2, 0) is 10.0 Å². The number of amides is 2. The van der Waals surface area contributed by atoms with Gasteiger partial charge in [0.25, 0.3) is 21.8 Å². The fraction of sp³-hybridized carbons (Fsp3) is 0.467. The molecule has 1 atom stereocenters. The Balaban J connectivity index is 2.33. The molecule has 1 aromatic rings. The average Bonchev–Trinajstić information content (AvgIpc) is 2.70. The standard InChI is InChI=1S/C15H21N3O4S/c1-9(2)18-15(20)12-6-5-11(7-13(12)23(18,21)22)14(19)17-8-10(3)16-4/h5-7,9-10,16H,8H2,1-4H3,(H,17,19). The van der Waals surface area contributed by atoms with Gasteiger partial charge in [0.1, 0.15) is 4.90 Å². The van der Waals surface area contributed by atoms with Gasteiger partial charge in [-0.2, -0.15) is 0 Å². The van der Waals surface area contributed by atoms with Crippen molar-refractivity contribution in [2.75, 3.05) is 13.6 Å². The van der Waals surface area contributed by atoms with Crippen LogP contribution in [0.2, 0.25) is 0 Å². The van der Waals surface area contributed by atoms with Crippen LogP contribution in [0.1, 0.15) is 41.5 Å². The fourth-order valence-electron chi connectivity index (χ4n) is 2.35. The van der Waals surface area contributed by atoms with Crippen molar-refractivity contribution < 1.29 is 18.0 Å². The topological polar surface area (TPSA) is 95.6 Å². The van der Waals surface area contributed by atoms with Crippen molar-refractivity contribution >= 4 is 21.8 Å². The summed E-state index contributed by atoms with van der Waals surface area (Å²) in [6, 6.07) is 3.75. The van der Waals surface area contributed by atoms with Crippen LogP contribution in [0.25, 0.3) is 0 Å². The quantitative estimate of drug-likeness (QED) is 0.818. The van der Waals surface area contributed by atoms with Gasteiger partial charge in [0.15, 0.2) is 0 Å². The lowest BCUT2D eigenvalue weighted by Crippen LogP contribution is -2.37. The molecule has 2 rings (SSSR count). The summed E-state index contributed by atoms with van der Waals surface area (Å²) in [7, 11) is -2.11. The lowest BCUT2D eigenvalue weighted by Gasteiger charge is -2.18. The largest absolute Gasteiger partial charge is 0.350 e. The first-order valence-corrected chi connectivity index (χ1v) is 8.82. The molecule has 126 valence electrons. The van der Waals surface area contributed by atoms with Crippen LogP contribution >= 0.6 is 0 Å². The summed E-state index contributed by atoms with van der Waals surface area (Å²) < 4.78 is 25.8. The minimum atomic E-state index is -3.90. The Labute approximate surface area is 136 Å². The molecule has 8 heteroatoms. The third kappa shape index (κ3) is 3.09. The number of sulfonamides is 1. The molecule has 0 fully saturated rings. The van der Waals surface area contributed by atoms with Crippen LogP contribution in [0.15, 0.2) is 23.1 Å². The van der Waals surface area contributed by atoms with Crippen LogP contribution in [0, 0.1) is 0 Å². The SMILES string of the molecule is CNC(C)CNC(=O)c1ccc2c(c1)S(=O)(=O)N(C(C)C)C2=O. The molecule has 1 aliphatic heterocycles. The van der Waals surface area contributed by atoms with Crippen molar-refractivity contribution in [1.82, 2.24) is 14.9 Å². The van der Waals surface area contributed by atoms with Gasteiger partial charge in [0, 0.05) is 24.2 Å². The van der Waals surface area contributed by atoms with Crippen molar-refractivity contribution in [1.29, 1.82) is 0 Å². The average molecular weight is 339 g/mol. The van der Waals surface area contributed by atoms with Gasteiger partial charge in [-0.15, -0.1) is 0 Å². The predicted octanol–water partition coefficient (Wildman–Crippen LogP) is 0.577. The highest BCUT2D eigenvalue weighted by Gasteiger charge is 2.42. The van der Waals surface area contributed by atoms with E-state index in [1.807, 2.05) is 6.92 Å². The molecule has 0 radical (unpaired) electrons. The molecule has 23 heavy (non-hydrogen) atoms. The molecule has 0 spiro atoms. The zero-order chi connectivity index (χ0) is 17.4. The van der Waals surface area contributed by atoms with Gasteiger partial charge in [-0.3, -0.25) is 9.59 Å². The maximum atomic E-state index is 12.5. The summed E-state index contributed by atoms with van der Waals surface area (Å²) in [6.45, 7) is 5.59. The number of hydrogen-bond acceptors (Lipinski definition) is 5. The van der Waals surface area contributed by atoms with Crippen LogP contribution < -0.4 is 10.6 Å². The maximum Gasteiger partial charge on any atom is 0.269 e. The maximum absolute atomic E-state index is 12.5. The van der Waals surface area contributed by atoms with E-state index in [4.69, 9.17) is 0 Å². The van der Waals surface area contributed by atoms with Gasteiger partial charge in [-0.25, -0.2) is 12.7 Å². The molecule has 2 N–H and O–H groups in total. The Hall–Kier alpha value is -1.93. The Bertz CT molecular complexity index is 743. The first kappa shape index (κ1) is 17.4. The molecule has 0 bridgehead atoms. The van der Waals surface area contributed by atoms with Gasteiger partial charge in [0.05, 0.1) is 5.56 Å². The molecular weight excluding hydrogens is 318 g/mol. The number of nitrogens with one attached hydrogen (secondary N) is 2. The van der Waals surface area contributed by atoms with Crippen molar-refractivity contribution in [3.8, 4) is 0 Å². The fourth-order valence-corrected chi connectivity index (χ4v) is 4.14. The summed E-state index contributed by atoms with van der Waals surface area (Å²) in [5, 5.41) is 5.71. The molecule has 7 nitrogen and oxygen atoms in total. The zero-order valence-electron chi connectivity index (χ0n) is 13.6. The normalized spacial score (nSPS) is 17.3. The Morgan fingerprint density at radius 3 is 2.48 bits per heavy atom. The van der Waals surface area contributed by atoms with E-state index < -0.39 is 22.0 Å². The molecule has 0 aliphatic carbocycles. The van der Waals surface area contributed by atoms with E-state index in [0.29, 0.717) is 6.54 Å². The molecule has 1 unspecified atom stereocenters. The molecule has 0 aromatic heterocycles. The third-order valence-corrected chi connectivity index (χ3v) is 5.74. The smallest absolute Gasteiger partial charge is 0.269 e. The van der Waals surface area contributed by atoms with E-state index in [1.165, 1.54) is 18.2 Å². The van der Waals surface area contributed by atoms with Crippen LogP contribution in [0.3, 0.4) is 0 Å². The summed E-state index contributed by atoms with van der Waals surface area (Å²) in [6.07, 6.45) is 0. The van der Waals surface area contributed by atoms with Gasteiger partial charge in [-0.05, 0) is 46.0 Å². The van der Waals surface area contributed by atoms with Crippen molar-refractivity contribution in [2.24, 2.45) is 0 Å². The molecule has 0 saturated heterocycles. The van der Waals surface area contributed by atoms with E-state index in [1.54, 1.807) is 20.9 Å². The van der Waals surface area contributed by atoms with Crippen molar-refractivity contribution in [3.05, 3.63) is 29.3 Å². The van der Waals surface area contributed by atoms with E-state index >= 15 is 0 Å².